The largest absolute Gasteiger partial charge is 0.421 e. The Bertz CT molecular complexity index is 619. The first-order valence-electron chi connectivity index (χ1n) is 7.54. The van der Waals surface area contributed by atoms with Crippen molar-refractivity contribution in [1.82, 2.24) is 14.7 Å². The van der Waals surface area contributed by atoms with Crippen LogP contribution >= 0.6 is 0 Å². The first-order valence-corrected chi connectivity index (χ1v) is 7.54. The average Bonchev–Trinajstić information content (AvgIpc) is 2.59. The van der Waals surface area contributed by atoms with Crippen LogP contribution in [0.3, 0.4) is 0 Å². The topological polar surface area (TPSA) is 50.2 Å². The number of aryl methyl sites for hydroxylation is 2. The summed E-state index contributed by atoms with van der Waals surface area (Å²) in [5.74, 6) is -0.0907. The number of hydrogen-bond donors (Lipinski definition) is 1. The van der Waals surface area contributed by atoms with Gasteiger partial charge in [-0.3, -0.25) is 10.00 Å². The van der Waals surface area contributed by atoms with Gasteiger partial charge in [0, 0.05) is 25.0 Å². The lowest BCUT2D eigenvalue weighted by molar-refractivity contribution is -0.137. The fourth-order valence-corrected chi connectivity index (χ4v) is 3.71. The smallest absolute Gasteiger partial charge is 0.320 e. The fraction of sp³-hybridized carbons (Fsp3) is 0.733. The number of nitrogens with zero attached hydrogens (tertiary/aromatic N) is 3. The molecule has 1 atom stereocenters. The summed E-state index contributed by atoms with van der Waals surface area (Å²) in [6.45, 7) is 9.90. The van der Waals surface area contributed by atoms with E-state index in [9.17, 15) is 18.0 Å². The van der Waals surface area contributed by atoms with E-state index in [1.165, 1.54) is 14.0 Å². The number of hydrogen-bond acceptors (Lipinski definition) is 2. The summed E-state index contributed by atoms with van der Waals surface area (Å²) in [6, 6.07) is -0.525. The zero-order valence-corrected chi connectivity index (χ0v) is 14.2. The number of carbonyl (C=O) groups excluding carboxylic acids is 1. The Labute approximate surface area is 133 Å². The molecule has 1 aromatic heterocycles. The van der Waals surface area contributed by atoms with E-state index in [4.69, 9.17) is 0 Å². The van der Waals surface area contributed by atoms with E-state index < -0.39 is 17.8 Å². The van der Waals surface area contributed by atoms with Crippen LogP contribution in [0.25, 0.3) is 0 Å². The number of halogens is 3. The maximum atomic E-state index is 13.2. The predicted molar refractivity (Wildman–Crippen MR) is 81.1 cm³/mol. The minimum atomic E-state index is -4.56. The lowest BCUT2D eigenvalue weighted by Gasteiger charge is -2.56. The highest BCUT2D eigenvalue weighted by Gasteiger charge is 2.50. The molecular weight excluding hydrogens is 309 g/mol. The van der Waals surface area contributed by atoms with E-state index in [1.807, 2.05) is 13.8 Å². The van der Waals surface area contributed by atoms with E-state index in [0.717, 1.165) is 4.68 Å². The first-order chi connectivity index (χ1) is 10.4. The number of alkyl halides is 3. The maximum Gasteiger partial charge on any atom is 0.421 e. The lowest BCUT2D eigenvalue weighted by atomic mass is 9.70. The van der Waals surface area contributed by atoms with Gasteiger partial charge >= 0.3 is 12.2 Å². The second kappa shape index (κ2) is 5.42. The summed E-state index contributed by atoms with van der Waals surface area (Å²) in [6.07, 6.45) is -4.56. The zero-order chi connectivity index (χ0) is 17.7. The van der Waals surface area contributed by atoms with Gasteiger partial charge in [0.05, 0.1) is 5.69 Å². The SMILES string of the molecule is Cc1nn(C)c(NC(=O)N2CC(C)(C)C2C(C)C)c1C(F)(F)F. The van der Waals surface area contributed by atoms with E-state index in [2.05, 4.69) is 24.3 Å². The molecule has 23 heavy (non-hydrogen) atoms. The number of amides is 2. The lowest BCUT2D eigenvalue weighted by Crippen LogP contribution is -2.66. The van der Waals surface area contributed by atoms with E-state index in [0.29, 0.717) is 6.54 Å². The molecule has 0 radical (unpaired) electrons. The van der Waals surface area contributed by atoms with Gasteiger partial charge in [0.15, 0.2) is 0 Å². The zero-order valence-electron chi connectivity index (χ0n) is 14.2. The molecule has 1 aliphatic heterocycles. The van der Waals surface area contributed by atoms with Crippen molar-refractivity contribution in [2.75, 3.05) is 11.9 Å². The maximum absolute atomic E-state index is 13.2. The Morgan fingerprint density at radius 3 is 2.39 bits per heavy atom. The molecule has 1 unspecified atom stereocenters. The summed E-state index contributed by atoms with van der Waals surface area (Å²) in [4.78, 5) is 14.0. The minimum Gasteiger partial charge on any atom is -0.320 e. The van der Waals surface area contributed by atoms with Gasteiger partial charge in [0.25, 0.3) is 0 Å². The van der Waals surface area contributed by atoms with Gasteiger partial charge in [0.1, 0.15) is 11.4 Å². The van der Waals surface area contributed by atoms with Crippen molar-refractivity contribution in [3.8, 4) is 0 Å². The Morgan fingerprint density at radius 1 is 1.39 bits per heavy atom. The number of rotatable bonds is 2. The van der Waals surface area contributed by atoms with Crippen LogP contribution in [0.5, 0.6) is 0 Å². The Hall–Kier alpha value is -1.73. The molecule has 0 spiro atoms. The van der Waals surface area contributed by atoms with Crippen molar-refractivity contribution in [3.63, 3.8) is 0 Å². The molecule has 8 heteroatoms. The second-order valence-corrected chi connectivity index (χ2v) is 7.17. The minimum absolute atomic E-state index is 0.00818. The Morgan fingerprint density at radius 2 is 1.96 bits per heavy atom. The van der Waals surface area contributed by atoms with Crippen LogP contribution < -0.4 is 5.32 Å². The second-order valence-electron chi connectivity index (χ2n) is 7.17. The third-order valence-corrected chi connectivity index (χ3v) is 4.34. The molecule has 5 nitrogen and oxygen atoms in total. The molecule has 0 saturated carbocycles. The van der Waals surface area contributed by atoms with Gasteiger partial charge in [-0.2, -0.15) is 18.3 Å². The van der Waals surface area contributed by atoms with Gasteiger partial charge < -0.3 is 4.90 Å². The van der Waals surface area contributed by atoms with Crippen molar-refractivity contribution in [2.45, 2.75) is 46.8 Å². The standard InChI is InChI=1S/C15H23F3N4O/c1-8(2)11-14(4,5)7-22(11)13(23)19-12-10(15(16,17)18)9(3)20-21(12)6/h8,11H,7H2,1-6H3,(H,19,23). The quantitative estimate of drug-likeness (QED) is 0.899. The highest BCUT2D eigenvalue weighted by molar-refractivity contribution is 5.90. The normalized spacial score (nSPS) is 20.6. The van der Waals surface area contributed by atoms with Crippen molar-refractivity contribution in [1.29, 1.82) is 0 Å². The van der Waals surface area contributed by atoms with E-state index in [-0.39, 0.29) is 28.9 Å². The number of nitrogens with one attached hydrogen (secondary N) is 1. The fourth-order valence-electron chi connectivity index (χ4n) is 3.71. The van der Waals surface area contributed by atoms with Crippen LogP contribution in [0.1, 0.15) is 39.0 Å². The highest BCUT2D eigenvalue weighted by atomic mass is 19.4. The molecule has 0 aliphatic carbocycles. The molecule has 1 aliphatic rings. The van der Waals surface area contributed by atoms with Crippen molar-refractivity contribution < 1.29 is 18.0 Å². The molecule has 1 fully saturated rings. The summed E-state index contributed by atoms with van der Waals surface area (Å²) in [7, 11) is 1.39. The van der Waals surface area contributed by atoms with Crippen LogP contribution in [0.4, 0.5) is 23.8 Å². The predicted octanol–water partition coefficient (Wildman–Crippen LogP) is 3.65. The molecule has 0 bridgehead atoms. The van der Waals surface area contributed by atoms with Crippen molar-refractivity contribution in [2.24, 2.45) is 18.4 Å². The van der Waals surface area contributed by atoms with Crippen molar-refractivity contribution in [3.05, 3.63) is 11.3 Å². The summed E-state index contributed by atoms with van der Waals surface area (Å²) < 4.78 is 40.6. The van der Waals surface area contributed by atoms with Crippen LogP contribution in [0.2, 0.25) is 0 Å². The number of likely N-dealkylation sites (tertiary alicyclic amines) is 1. The monoisotopic (exact) mass is 332 g/mol. The molecule has 2 amide bonds. The molecule has 0 aromatic carbocycles. The highest BCUT2D eigenvalue weighted by Crippen LogP contribution is 2.42. The number of urea groups is 1. The summed E-state index contributed by atoms with van der Waals surface area (Å²) >= 11 is 0. The summed E-state index contributed by atoms with van der Waals surface area (Å²) in [5.41, 5.74) is -1.09. The number of carbonyl (C=O) groups is 1. The molecule has 1 N–H and O–H groups in total. The van der Waals surface area contributed by atoms with Gasteiger partial charge in [-0.1, -0.05) is 27.7 Å². The third-order valence-electron chi connectivity index (χ3n) is 4.34. The third kappa shape index (κ3) is 3.03. The van der Waals surface area contributed by atoms with Crippen LogP contribution in [0, 0.1) is 18.3 Å². The molecular formula is C15H23F3N4O. The molecule has 2 heterocycles. The van der Waals surface area contributed by atoms with Gasteiger partial charge in [-0.25, -0.2) is 4.79 Å². The van der Waals surface area contributed by atoms with Gasteiger partial charge in [-0.05, 0) is 12.8 Å². The van der Waals surface area contributed by atoms with Gasteiger partial charge in [0.2, 0.25) is 0 Å². The molecule has 1 aromatic rings. The average molecular weight is 332 g/mol. The van der Waals surface area contributed by atoms with E-state index in [1.54, 1.807) is 4.90 Å². The summed E-state index contributed by atoms with van der Waals surface area (Å²) in [5, 5.41) is 6.18. The van der Waals surface area contributed by atoms with E-state index >= 15 is 0 Å². The first kappa shape index (κ1) is 17.6. The Balaban J connectivity index is 2.26. The van der Waals surface area contributed by atoms with Crippen LogP contribution in [-0.4, -0.2) is 33.3 Å². The molecule has 1 saturated heterocycles. The van der Waals surface area contributed by atoms with Crippen molar-refractivity contribution >= 4 is 11.8 Å². The van der Waals surface area contributed by atoms with Gasteiger partial charge in [-0.15, -0.1) is 0 Å². The Kier molecular flexibility index (Phi) is 4.15. The number of aromatic nitrogens is 2. The molecule has 130 valence electrons. The number of anilines is 1. The van der Waals surface area contributed by atoms with Crippen LogP contribution in [0.15, 0.2) is 0 Å². The van der Waals surface area contributed by atoms with Crippen LogP contribution in [-0.2, 0) is 13.2 Å². The molecule has 2 rings (SSSR count).